The third kappa shape index (κ3) is 3.82. The number of carbonyl (C=O) groups is 2. The van der Waals surface area contributed by atoms with E-state index in [2.05, 4.69) is 5.32 Å². The van der Waals surface area contributed by atoms with Gasteiger partial charge in [-0.25, -0.2) is 14.0 Å². The van der Waals surface area contributed by atoms with Crippen molar-refractivity contribution in [3.63, 3.8) is 0 Å². The molecular formula is C12H14ClFN2O3. The van der Waals surface area contributed by atoms with Crippen molar-refractivity contribution in [2.24, 2.45) is 0 Å². The van der Waals surface area contributed by atoms with E-state index in [1.54, 1.807) is 6.92 Å². The number of likely N-dealkylation sites (N-methyl/N-ethyl adjacent to an activating group) is 1. The monoisotopic (exact) mass is 288 g/mol. The fraction of sp³-hybridized carbons (Fsp3) is 0.333. The Balaban J connectivity index is 2.81. The van der Waals surface area contributed by atoms with Crippen LogP contribution in [0.4, 0.5) is 14.9 Å². The molecule has 0 aromatic heterocycles. The number of hydrogen-bond donors (Lipinski definition) is 2. The highest BCUT2D eigenvalue weighted by Crippen LogP contribution is 2.22. The number of aliphatic carboxylic acids is 1. The molecule has 0 bridgehead atoms. The Labute approximate surface area is 115 Å². The number of urea groups is 1. The van der Waals surface area contributed by atoms with Crippen LogP contribution in [0.15, 0.2) is 18.2 Å². The molecule has 1 aromatic rings. The smallest absolute Gasteiger partial charge is 0.326 e. The minimum absolute atomic E-state index is 0.0464. The van der Waals surface area contributed by atoms with Gasteiger partial charge in [0.15, 0.2) is 0 Å². The molecule has 0 saturated heterocycles. The SMILES string of the molecule is CCC(C(=O)O)N(C)C(=O)Nc1ccc(F)cc1Cl. The number of carboxylic acid groups (broad SMARTS) is 1. The van der Waals surface area contributed by atoms with Crippen LogP contribution in [0.25, 0.3) is 0 Å². The van der Waals surface area contributed by atoms with Crippen LogP contribution < -0.4 is 5.32 Å². The topological polar surface area (TPSA) is 69.6 Å². The fourth-order valence-corrected chi connectivity index (χ4v) is 1.76. The number of carbonyl (C=O) groups excluding carboxylic acids is 1. The molecule has 0 saturated carbocycles. The van der Waals surface area contributed by atoms with Gasteiger partial charge >= 0.3 is 12.0 Å². The van der Waals surface area contributed by atoms with Crippen molar-refractivity contribution < 1.29 is 19.1 Å². The predicted molar refractivity (Wildman–Crippen MR) is 69.9 cm³/mol. The normalized spacial score (nSPS) is 11.8. The zero-order valence-corrected chi connectivity index (χ0v) is 11.2. The first-order chi connectivity index (χ1) is 8.86. The molecule has 2 N–H and O–H groups in total. The first kappa shape index (κ1) is 15.2. The van der Waals surface area contributed by atoms with Gasteiger partial charge in [0, 0.05) is 7.05 Å². The number of hydrogen-bond acceptors (Lipinski definition) is 2. The lowest BCUT2D eigenvalue weighted by atomic mass is 10.2. The lowest BCUT2D eigenvalue weighted by molar-refractivity contribution is -0.141. The van der Waals surface area contributed by atoms with E-state index in [0.717, 1.165) is 17.0 Å². The second-order valence-corrected chi connectivity index (χ2v) is 4.33. The van der Waals surface area contributed by atoms with Crippen molar-refractivity contribution in [2.45, 2.75) is 19.4 Å². The van der Waals surface area contributed by atoms with Crippen molar-refractivity contribution in [1.82, 2.24) is 4.90 Å². The Morgan fingerprint density at radius 3 is 2.63 bits per heavy atom. The average molecular weight is 289 g/mol. The van der Waals surface area contributed by atoms with Crippen molar-refractivity contribution >= 4 is 29.3 Å². The van der Waals surface area contributed by atoms with Gasteiger partial charge in [-0.15, -0.1) is 0 Å². The third-order valence-corrected chi connectivity index (χ3v) is 2.95. The zero-order chi connectivity index (χ0) is 14.6. The molecule has 19 heavy (non-hydrogen) atoms. The van der Waals surface area contributed by atoms with E-state index >= 15 is 0 Å². The molecule has 1 atom stereocenters. The summed E-state index contributed by atoms with van der Waals surface area (Å²) in [6.45, 7) is 1.66. The molecule has 2 amide bonds. The number of amides is 2. The van der Waals surface area contributed by atoms with Gasteiger partial charge < -0.3 is 15.3 Å². The van der Waals surface area contributed by atoms with Gasteiger partial charge in [-0.3, -0.25) is 0 Å². The molecular weight excluding hydrogens is 275 g/mol. The number of nitrogens with zero attached hydrogens (tertiary/aromatic N) is 1. The average Bonchev–Trinajstić information content (AvgIpc) is 2.32. The number of rotatable bonds is 4. The van der Waals surface area contributed by atoms with Crippen molar-refractivity contribution in [1.29, 1.82) is 0 Å². The van der Waals surface area contributed by atoms with Gasteiger partial charge in [0.25, 0.3) is 0 Å². The standard InChI is InChI=1S/C12H14ClFN2O3/c1-3-10(11(17)18)16(2)12(19)15-9-5-4-7(14)6-8(9)13/h4-6,10H,3H2,1-2H3,(H,15,19)(H,17,18). The first-order valence-corrected chi connectivity index (χ1v) is 5.96. The molecule has 7 heteroatoms. The van der Waals surface area contributed by atoms with Crippen LogP contribution in [0.2, 0.25) is 5.02 Å². The van der Waals surface area contributed by atoms with E-state index in [1.165, 1.54) is 13.1 Å². The van der Waals surface area contributed by atoms with Crippen LogP contribution in [-0.4, -0.2) is 35.1 Å². The number of carboxylic acids is 1. The second-order valence-electron chi connectivity index (χ2n) is 3.93. The number of benzene rings is 1. The predicted octanol–water partition coefficient (Wildman–Crippen LogP) is 2.81. The molecule has 0 aliphatic rings. The Morgan fingerprint density at radius 1 is 1.53 bits per heavy atom. The van der Waals surface area contributed by atoms with E-state index in [-0.39, 0.29) is 17.1 Å². The Morgan fingerprint density at radius 2 is 2.16 bits per heavy atom. The van der Waals surface area contributed by atoms with Gasteiger partial charge in [-0.1, -0.05) is 18.5 Å². The quantitative estimate of drug-likeness (QED) is 0.895. The Bertz CT molecular complexity index is 496. The molecule has 1 rings (SSSR count). The summed E-state index contributed by atoms with van der Waals surface area (Å²) in [6.07, 6.45) is 0.274. The van der Waals surface area contributed by atoms with Crippen LogP contribution in [0.3, 0.4) is 0 Å². The van der Waals surface area contributed by atoms with E-state index < -0.39 is 23.9 Å². The maximum atomic E-state index is 12.8. The summed E-state index contributed by atoms with van der Waals surface area (Å²) in [7, 11) is 1.37. The summed E-state index contributed by atoms with van der Waals surface area (Å²) >= 11 is 5.76. The van der Waals surface area contributed by atoms with Crippen LogP contribution >= 0.6 is 11.6 Å². The molecule has 1 unspecified atom stereocenters. The number of halogens is 2. The molecule has 0 aliphatic carbocycles. The van der Waals surface area contributed by atoms with Crippen LogP contribution in [-0.2, 0) is 4.79 Å². The van der Waals surface area contributed by atoms with Crippen molar-refractivity contribution in [3.05, 3.63) is 29.0 Å². The molecule has 1 aromatic carbocycles. The molecule has 0 aliphatic heterocycles. The van der Waals surface area contributed by atoms with Gasteiger partial charge in [-0.05, 0) is 24.6 Å². The highest BCUT2D eigenvalue weighted by atomic mass is 35.5. The molecule has 0 fully saturated rings. The summed E-state index contributed by atoms with van der Waals surface area (Å²) in [5.74, 6) is -1.61. The minimum atomic E-state index is -1.09. The number of nitrogens with one attached hydrogen (secondary N) is 1. The second kappa shape index (κ2) is 6.38. The molecule has 0 radical (unpaired) electrons. The number of anilines is 1. The van der Waals surface area contributed by atoms with Crippen molar-refractivity contribution in [3.8, 4) is 0 Å². The van der Waals surface area contributed by atoms with Gasteiger partial charge in [0.1, 0.15) is 11.9 Å². The van der Waals surface area contributed by atoms with Crippen LogP contribution in [0, 0.1) is 5.82 Å². The van der Waals surface area contributed by atoms with Crippen LogP contribution in [0.5, 0.6) is 0 Å². The lowest BCUT2D eigenvalue weighted by Crippen LogP contribution is -2.44. The fourth-order valence-electron chi connectivity index (χ4n) is 1.55. The summed E-state index contributed by atoms with van der Waals surface area (Å²) in [6, 6.07) is 1.97. The highest BCUT2D eigenvalue weighted by molar-refractivity contribution is 6.33. The third-order valence-electron chi connectivity index (χ3n) is 2.63. The summed E-state index contributed by atoms with van der Waals surface area (Å²) < 4.78 is 12.8. The van der Waals surface area contributed by atoms with E-state index in [9.17, 15) is 14.0 Å². The first-order valence-electron chi connectivity index (χ1n) is 5.58. The summed E-state index contributed by atoms with van der Waals surface area (Å²) in [5, 5.41) is 11.4. The van der Waals surface area contributed by atoms with E-state index in [1.807, 2.05) is 0 Å². The zero-order valence-electron chi connectivity index (χ0n) is 10.5. The molecule has 0 spiro atoms. The summed E-state index contributed by atoms with van der Waals surface area (Å²) in [5.41, 5.74) is 0.222. The van der Waals surface area contributed by atoms with Gasteiger partial charge in [-0.2, -0.15) is 0 Å². The van der Waals surface area contributed by atoms with Gasteiger partial charge in [0.2, 0.25) is 0 Å². The molecule has 0 heterocycles. The maximum absolute atomic E-state index is 12.8. The summed E-state index contributed by atoms with van der Waals surface area (Å²) in [4.78, 5) is 23.9. The van der Waals surface area contributed by atoms with E-state index in [0.29, 0.717) is 0 Å². The molecule has 5 nitrogen and oxygen atoms in total. The molecule has 104 valence electrons. The Hall–Kier alpha value is -1.82. The minimum Gasteiger partial charge on any atom is -0.480 e. The lowest BCUT2D eigenvalue weighted by Gasteiger charge is -2.24. The van der Waals surface area contributed by atoms with E-state index in [4.69, 9.17) is 16.7 Å². The largest absolute Gasteiger partial charge is 0.480 e. The highest BCUT2D eigenvalue weighted by Gasteiger charge is 2.25. The van der Waals surface area contributed by atoms with Crippen LogP contribution in [0.1, 0.15) is 13.3 Å². The Kier molecular flexibility index (Phi) is 5.11. The van der Waals surface area contributed by atoms with Gasteiger partial charge in [0.05, 0.1) is 10.7 Å². The van der Waals surface area contributed by atoms with Crippen molar-refractivity contribution in [2.75, 3.05) is 12.4 Å². The maximum Gasteiger partial charge on any atom is 0.326 e.